The number of esters is 1. The second-order valence-corrected chi connectivity index (χ2v) is 8.74. The lowest BCUT2D eigenvalue weighted by Gasteiger charge is -2.26. The Kier molecular flexibility index (Phi) is 7.52. The average Bonchev–Trinajstić information content (AvgIpc) is 2.82. The first-order chi connectivity index (χ1) is 11.4. The number of halogens is 3. The summed E-state index contributed by atoms with van der Waals surface area (Å²) in [4.78, 5) is 12.7. The van der Waals surface area contributed by atoms with Crippen molar-refractivity contribution < 1.29 is 14.3 Å². The van der Waals surface area contributed by atoms with E-state index in [0.717, 1.165) is 37.0 Å². The molecule has 3 nitrogen and oxygen atoms in total. The smallest absolute Gasteiger partial charge is 0.313 e. The molecule has 0 saturated heterocycles. The Morgan fingerprint density at radius 2 is 1.71 bits per heavy atom. The van der Waals surface area contributed by atoms with Gasteiger partial charge in [0.25, 0.3) is 0 Å². The van der Waals surface area contributed by atoms with Gasteiger partial charge in [-0.1, -0.05) is 72.6 Å². The standard InChI is InChI=1S/C18H23Cl3O3/c1-23-15-10-8-14(9-11-15)16(13-6-4-2-3-5-7-13)17(22)24-12-18(19,20)21/h8-11,13,16H,2-7,12H2,1H3. The molecule has 6 heteroatoms. The molecule has 0 aliphatic heterocycles. The first kappa shape index (κ1) is 19.7. The molecule has 1 aromatic rings. The van der Waals surface area contributed by atoms with Crippen molar-refractivity contribution >= 4 is 40.8 Å². The SMILES string of the molecule is COc1ccc(C(C(=O)OCC(Cl)(Cl)Cl)C2CCCCCC2)cc1. The molecule has 1 saturated carbocycles. The number of hydrogen-bond acceptors (Lipinski definition) is 3. The van der Waals surface area contributed by atoms with Crippen molar-refractivity contribution in [1.29, 1.82) is 0 Å². The molecule has 0 amide bonds. The predicted octanol–water partition coefficient (Wildman–Crippen LogP) is 5.66. The van der Waals surface area contributed by atoms with Crippen LogP contribution in [0.2, 0.25) is 0 Å². The monoisotopic (exact) mass is 392 g/mol. The Hall–Kier alpha value is -0.640. The van der Waals surface area contributed by atoms with Crippen LogP contribution in [0.1, 0.15) is 50.0 Å². The normalized spacial score (nSPS) is 17.8. The van der Waals surface area contributed by atoms with Crippen LogP contribution >= 0.6 is 34.8 Å². The molecule has 0 bridgehead atoms. The number of methoxy groups -OCH3 is 1. The Labute approximate surface area is 158 Å². The van der Waals surface area contributed by atoms with Crippen LogP contribution in [0.25, 0.3) is 0 Å². The first-order valence-corrected chi connectivity index (χ1v) is 9.41. The van der Waals surface area contributed by atoms with E-state index in [-0.39, 0.29) is 24.4 Å². The van der Waals surface area contributed by atoms with Crippen molar-refractivity contribution in [2.24, 2.45) is 5.92 Å². The molecule has 0 aromatic heterocycles. The quantitative estimate of drug-likeness (QED) is 0.368. The van der Waals surface area contributed by atoms with Crippen LogP contribution < -0.4 is 4.74 Å². The average molecular weight is 394 g/mol. The van der Waals surface area contributed by atoms with Crippen molar-refractivity contribution in [2.45, 2.75) is 48.2 Å². The fourth-order valence-corrected chi connectivity index (χ4v) is 3.46. The highest BCUT2D eigenvalue weighted by Crippen LogP contribution is 2.37. The van der Waals surface area contributed by atoms with Crippen LogP contribution in [0.4, 0.5) is 0 Å². The molecule has 1 unspecified atom stereocenters. The van der Waals surface area contributed by atoms with Gasteiger partial charge in [-0.15, -0.1) is 0 Å². The Bertz CT molecular complexity index is 517. The van der Waals surface area contributed by atoms with Gasteiger partial charge in [-0.3, -0.25) is 4.79 Å². The van der Waals surface area contributed by atoms with Crippen LogP contribution in [-0.2, 0) is 9.53 Å². The van der Waals surface area contributed by atoms with E-state index < -0.39 is 3.79 Å². The largest absolute Gasteiger partial charge is 0.497 e. The topological polar surface area (TPSA) is 35.5 Å². The molecule has 2 rings (SSSR count). The van der Waals surface area contributed by atoms with Gasteiger partial charge in [-0.05, 0) is 36.5 Å². The molecule has 1 atom stereocenters. The maximum absolute atomic E-state index is 12.7. The van der Waals surface area contributed by atoms with Crippen LogP contribution in [0.5, 0.6) is 5.75 Å². The zero-order valence-electron chi connectivity index (χ0n) is 13.8. The molecular formula is C18H23Cl3O3. The van der Waals surface area contributed by atoms with Gasteiger partial charge in [0.2, 0.25) is 3.79 Å². The summed E-state index contributed by atoms with van der Waals surface area (Å²) in [7, 11) is 1.62. The van der Waals surface area contributed by atoms with Crippen LogP contribution in [-0.4, -0.2) is 23.5 Å². The van der Waals surface area contributed by atoms with Gasteiger partial charge in [0.15, 0.2) is 0 Å². The van der Waals surface area contributed by atoms with E-state index in [2.05, 4.69) is 0 Å². The summed E-state index contributed by atoms with van der Waals surface area (Å²) in [6, 6.07) is 7.57. The van der Waals surface area contributed by atoms with E-state index in [1.54, 1.807) is 7.11 Å². The third-order valence-electron chi connectivity index (χ3n) is 4.48. The lowest BCUT2D eigenvalue weighted by Crippen LogP contribution is -2.27. The summed E-state index contributed by atoms with van der Waals surface area (Å²) in [5.41, 5.74) is 0.928. The Morgan fingerprint density at radius 3 is 2.21 bits per heavy atom. The summed E-state index contributed by atoms with van der Waals surface area (Å²) in [6.07, 6.45) is 6.73. The zero-order chi connectivity index (χ0) is 17.6. The maximum atomic E-state index is 12.7. The second-order valence-electron chi connectivity index (χ2n) is 6.23. The summed E-state index contributed by atoms with van der Waals surface area (Å²) < 4.78 is 8.91. The fourth-order valence-electron chi connectivity index (χ4n) is 3.30. The van der Waals surface area contributed by atoms with Crippen LogP contribution in [0.15, 0.2) is 24.3 Å². The highest BCUT2D eigenvalue weighted by molar-refractivity contribution is 6.67. The lowest BCUT2D eigenvalue weighted by molar-refractivity contribution is -0.147. The minimum absolute atomic E-state index is 0.240. The van der Waals surface area contributed by atoms with Crippen molar-refractivity contribution in [1.82, 2.24) is 0 Å². The van der Waals surface area contributed by atoms with Gasteiger partial charge in [0.05, 0.1) is 13.0 Å². The van der Waals surface area contributed by atoms with Crippen molar-refractivity contribution in [3.05, 3.63) is 29.8 Å². The van der Waals surface area contributed by atoms with Crippen LogP contribution in [0, 0.1) is 5.92 Å². The fraction of sp³-hybridized carbons (Fsp3) is 0.611. The van der Waals surface area contributed by atoms with E-state index in [0.29, 0.717) is 0 Å². The zero-order valence-corrected chi connectivity index (χ0v) is 16.0. The molecule has 24 heavy (non-hydrogen) atoms. The number of carbonyl (C=O) groups excluding carboxylic acids is 1. The molecule has 1 fully saturated rings. The Morgan fingerprint density at radius 1 is 1.12 bits per heavy atom. The number of rotatable bonds is 5. The van der Waals surface area contributed by atoms with Gasteiger partial charge in [-0.2, -0.15) is 0 Å². The van der Waals surface area contributed by atoms with Crippen molar-refractivity contribution in [3.8, 4) is 5.75 Å². The molecular weight excluding hydrogens is 371 g/mol. The third-order valence-corrected chi connectivity index (χ3v) is 4.81. The minimum Gasteiger partial charge on any atom is -0.497 e. The van der Waals surface area contributed by atoms with Gasteiger partial charge >= 0.3 is 5.97 Å². The molecule has 1 aliphatic rings. The van der Waals surface area contributed by atoms with E-state index in [4.69, 9.17) is 44.3 Å². The number of hydrogen-bond donors (Lipinski definition) is 0. The van der Waals surface area contributed by atoms with E-state index >= 15 is 0 Å². The summed E-state index contributed by atoms with van der Waals surface area (Å²) in [5.74, 6) is 0.358. The molecule has 0 radical (unpaired) electrons. The van der Waals surface area contributed by atoms with Crippen molar-refractivity contribution in [2.75, 3.05) is 13.7 Å². The summed E-state index contributed by atoms with van der Waals surface area (Å²) >= 11 is 17.1. The molecule has 1 aliphatic carbocycles. The van der Waals surface area contributed by atoms with E-state index in [1.165, 1.54) is 12.8 Å². The lowest BCUT2D eigenvalue weighted by atomic mass is 9.81. The number of ether oxygens (including phenoxy) is 2. The van der Waals surface area contributed by atoms with Gasteiger partial charge in [0, 0.05) is 0 Å². The van der Waals surface area contributed by atoms with Gasteiger partial charge in [0.1, 0.15) is 12.4 Å². The van der Waals surface area contributed by atoms with Crippen molar-refractivity contribution in [3.63, 3.8) is 0 Å². The highest BCUT2D eigenvalue weighted by Gasteiger charge is 2.33. The number of benzene rings is 1. The predicted molar refractivity (Wildman–Crippen MR) is 98.2 cm³/mol. The Balaban J connectivity index is 2.20. The molecule has 1 aromatic carbocycles. The van der Waals surface area contributed by atoms with Gasteiger partial charge in [-0.25, -0.2) is 0 Å². The minimum atomic E-state index is -1.59. The number of carbonyl (C=O) groups is 1. The second kappa shape index (κ2) is 9.17. The van der Waals surface area contributed by atoms with Crippen LogP contribution in [0.3, 0.4) is 0 Å². The molecule has 134 valence electrons. The molecule has 0 spiro atoms. The summed E-state index contributed by atoms with van der Waals surface area (Å²) in [5, 5.41) is 0. The highest BCUT2D eigenvalue weighted by atomic mass is 35.6. The first-order valence-electron chi connectivity index (χ1n) is 8.28. The molecule has 0 N–H and O–H groups in total. The maximum Gasteiger partial charge on any atom is 0.313 e. The third kappa shape index (κ3) is 6.02. The molecule has 0 heterocycles. The van der Waals surface area contributed by atoms with E-state index in [1.807, 2.05) is 24.3 Å². The summed E-state index contributed by atoms with van der Waals surface area (Å²) in [6.45, 7) is -0.240. The van der Waals surface area contributed by atoms with Gasteiger partial charge < -0.3 is 9.47 Å². The number of alkyl halides is 3. The van der Waals surface area contributed by atoms with E-state index in [9.17, 15) is 4.79 Å².